The number of rotatable bonds is 46. The molecule has 2 aliphatic heterocycles. The Morgan fingerprint density at radius 2 is 1.05 bits per heavy atom. The van der Waals surface area contributed by atoms with Gasteiger partial charge in [0.1, 0.15) is 11.6 Å². The lowest BCUT2D eigenvalue weighted by Crippen LogP contribution is -2.20. The first-order valence-corrected chi connectivity index (χ1v) is 34.0. The monoisotopic (exact) mass is 1120 g/mol. The molecule has 0 unspecified atom stereocenters. The molecule has 6 nitrogen and oxygen atoms in total. The molecule has 0 amide bonds. The van der Waals surface area contributed by atoms with Crippen LogP contribution >= 0.6 is 0 Å². The fourth-order valence-electron chi connectivity index (χ4n) is 11.0. The lowest BCUT2D eigenvalue weighted by Gasteiger charge is -2.20. The molecule has 80 heavy (non-hydrogen) atoms. The number of hydrogen-bond donors (Lipinski definition) is 0. The molecule has 5 aliphatic rings. The first kappa shape index (κ1) is 80.2. The zero-order chi connectivity index (χ0) is 57.3. The zero-order valence-corrected chi connectivity index (χ0v) is 53.8. The van der Waals surface area contributed by atoms with Crippen LogP contribution in [-0.4, -0.2) is 80.1 Å². The maximum Gasteiger partial charge on any atom is 0.163 e. The predicted octanol–water partition coefficient (Wildman–Crippen LogP) is 21.8. The summed E-state index contributed by atoms with van der Waals surface area (Å²) in [6.45, 7) is 26.4. The van der Waals surface area contributed by atoms with Crippen molar-refractivity contribution in [2.75, 3.05) is 53.0 Å². The van der Waals surface area contributed by atoms with E-state index < -0.39 is 0 Å². The fraction of sp³-hybridized carbons (Fsp3) is 0.838. The Bertz CT molecular complexity index is 1510. The second kappa shape index (κ2) is 55.0. The molecule has 0 aromatic rings. The standard InChI is InChI=1S/C20H37.C17H31.C13H25NO.C13H26O2.C9H12NO.2CH4/c1-3-5-7-9-11-13-15-19(20-17-18-20)16-14-12-10-8-6-4-2;1-3-5-7-10-16(11-8-6-4-2)12-9-13-17-14-15-17;1-13(15)9-5-3-2-4-6-10-14-11-7-8-12-14;1-5-15-11-9-7-6-8-10-13(3,4)12(2)14;1-10-5-4-8(6-10)9(11)7-2-3-7;;/h17-19H,3-16H2,1-2H3;14-16H,3-13H2,1-2H3;2-12H2,1H3;5-11H2,1-4H3;2-3,8H,4-6H2,1H3;2*1H4/t;;;;8-;;/m....0../s1. The molecule has 0 spiro atoms. The third-order valence-corrected chi connectivity index (χ3v) is 17.1. The smallest absolute Gasteiger partial charge is 0.163 e. The molecule has 2 heterocycles. The van der Waals surface area contributed by atoms with E-state index >= 15 is 0 Å². The van der Waals surface area contributed by atoms with Crippen LogP contribution < -0.4 is 0 Å². The molecule has 0 saturated carbocycles. The Hall–Kier alpha value is -1.89. The second-order valence-corrected chi connectivity index (χ2v) is 25.3. The van der Waals surface area contributed by atoms with E-state index in [4.69, 9.17) is 4.74 Å². The van der Waals surface area contributed by atoms with E-state index in [9.17, 15) is 14.4 Å². The summed E-state index contributed by atoms with van der Waals surface area (Å²) >= 11 is 0. The second-order valence-electron chi connectivity index (χ2n) is 25.3. The topological polar surface area (TPSA) is 66.9 Å². The summed E-state index contributed by atoms with van der Waals surface area (Å²) in [5, 5.41) is 0. The van der Waals surface area contributed by atoms with E-state index in [1.54, 1.807) is 25.0 Å². The van der Waals surface area contributed by atoms with Crippen LogP contribution in [0.5, 0.6) is 0 Å². The highest BCUT2D eigenvalue weighted by Gasteiger charge is 2.31. The van der Waals surface area contributed by atoms with Gasteiger partial charge in [0.25, 0.3) is 0 Å². The minimum atomic E-state index is -0.125. The average Bonchev–Trinajstić information content (AvgIpc) is 4.37. The summed E-state index contributed by atoms with van der Waals surface area (Å²) < 4.78 is 5.27. The molecular formula is C74H139N2O4. The molecule has 0 aromatic carbocycles. The number of likely N-dealkylation sites (tertiary alicyclic amines) is 2. The lowest BCUT2D eigenvalue weighted by atomic mass is 9.83. The van der Waals surface area contributed by atoms with Crippen molar-refractivity contribution >= 4 is 17.3 Å². The first-order valence-electron chi connectivity index (χ1n) is 34.0. The SMILES string of the molecule is C.C.CC(=O)CCCCCCCN1CCCC1.CCCCCC(CCCCC)CCCC1=C[CH]1.CCCCCCCCC(CCCCCCCC)C1=C[CH]1.CCOCCCCCCC(C)(C)C(C)=O.CN1CC[C@H](C(=O)C2=C[CH]2)C1. The molecule has 469 valence electrons. The molecule has 0 N–H and O–H groups in total. The van der Waals surface area contributed by atoms with Gasteiger partial charge in [0.05, 0.1) is 0 Å². The molecule has 2 fully saturated rings. The van der Waals surface area contributed by atoms with E-state index in [1.807, 2.05) is 33.3 Å². The summed E-state index contributed by atoms with van der Waals surface area (Å²) in [5.74, 6) is 3.21. The molecule has 2 saturated heterocycles. The van der Waals surface area contributed by atoms with Gasteiger partial charge < -0.3 is 19.3 Å². The van der Waals surface area contributed by atoms with Crippen LogP contribution in [0.3, 0.4) is 0 Å². The van der Waals surface area contributed by atoms with Crippen molar-refractivity contribution in [2.24, 2.45) is 23.2 Å². The number of carbonyl (C=O) groups excluding carboxylic acids is 3. The minimum absolute atomic E-state index is 0. The molecule has 0 aromatic heterocycles. The number of allylic oxidation sites excluding steroid dienone is 6. The summed E-state index contributed by atoms with van der Waals surface area (Å²) in [6.07, 6.45) is 65.6. The highest BCUT2D eigenvalue weighted by atomic mass is 16.5. The highest BCUT2D eigenvalue weighted by molar-refractivity contribution is 6.04. The van der Waals surface area contributed by atoms with Gasteiger partial charge in [-0.25, -0.2) is 0 Å². The van der Waals surface area contributed by atoms with Gasteiger partial charge in [-0.2, -0.15) is 0 Å². The Balaban J connectivity index is 0. The first-order chi connectivity index (χ1) is 37.8. The van der Waals surface area contributed by atoms with Crippen molar-refractivity contribution in [3.8, 4) is 0 Å². The molecule has 0 bridgehead atoms. The zero-order valence-electron chi connectivity index (χ0n) is 53.8. The highest BCUT2D eigenvalue weighted by Crippen LogP contribution is 2.35. The van der Waals surface area contributed by atoms with Crippen molar-refractivity contribution in [1.29, 1.82) is 0 Å². The number of nitrogens with zero attached hydrogens (tertiary/aromatic N) is 2. The number of unbranched alkanes of at least 4 members (excludes halogenated alkanes) is 21. The summed E-state index contributed by atoms with van der Waals surface area (Å²) in [5.41, 5.74) is 4.10. The summed E-state index contributed by atoms with van der Waals surface area (Å²) in [4.78, 5) is 38.2. The molecule has 5 rings (SSSR count). The third kappa shape index (κ3) is 49.5. The minimum Gasteiger partial charge on any atom is -0.382 e. The van der Waals surface area contributed by atoms with Gasteiger partial charge in [0.2, 0.25) is 0 Å². The van der Waals surface area contributed by atoms with Crippen LogP contribution in [0.2, 0.25) is 0 Å². The van der Waals surface area contributed by atoms with Crippen molar-refractivity contribution < 1.29 is 19.1 Å². The van der Waals surface area contributed by atoms with Crippen LogP contribution in [0.15, 0.2) is 34.9 Å². The van der Waals surface area contributed by atoms with E-state index in [-0.39, 0.29) is 26.2 Å². The maximum atomic E-state index is 11.4. The Morgan fingerprint density at radius 1 is 0.575 bits per heavy atom. The van der Waals surface area contributed by atoms with E-state index in [1.165, 1.54) is 232 Å². The van der Waals surface area contributed by atoms with Gasteiger partial charge in [0.15, 0.2) is 5.78 Å². The van der Waals surface area contributed by atoms with Gasteiger partial charge in [-0.3, -0.25) is 9.59 Å². The van der Waals surface area contributed by atoms with Gasteiger partial charge >= 0.3 is 0 Å². The van der Waals surface area contributed by atoms with Crippen LogP contribution in [0.25, 0.3) is 0 Å². The predicted molar refractivity (Wildman–Crippen MR) is 354 cm³/mol. The molecule has 1 atom stereocenters. The number of Topliss-reactive ketones (excluding diaryl/α,β-unsaturated/α-hetero) is 3. The number of ketones is 3. The molecule has 3 radical (unpaired) electrons. The van der Waals surface area contributed by atoms with Crippen LogP contribution in [0.1, 0.15) is 328 Å². The number of ether oxygens (including phenoxy) is 1. The molecular weight excluding hydrogens is 981 g/mol. The van der Waals surface area contributed by atoms with E-state index in [0.717, 1.165) is 82.2 Å². The Kier molecular flexibility index (Phi) is 55.1. The van der Waals surface area contributed by atoms with Gasteiger partial charge in [-0.15, -0.1) is 0 Å². The maximum absolute atomic E-state index is 11.4. The summed E-state index contributed by atoms with van der Waals surface area (Å²) in [6, 6.07) is 0. The summed E-state index contributed by atoms with van der Waals surface area (Å²) in [7, 11) is 2.07. The average molecular weight is 1120 g/mol. The fourth-order valence-corrected chi connectivity index (χ4v) is 11.0. The van der Waals surface area contributed by atoms with Crippen molar-refractivity contribution in [3.05, 3.63) is 54.2 Å². The van der Waals surface area contributed by atoms with Crippen LogP contribution in [-0.2, 0) is 19.1 Å². The van der Waals surface area contributed by atoms with Crippen LogP contribution in [0.4, 0.5) is 0 Å². The molecule has 3 aliphatic carbocycles. The van der Waals surface area contributed by atoms with Crippen molar-refractivity contribution in [3.63, 3.8) is 0 Å². The third-order valence-electron chi connectivity index (χ3n) is 17.1. The number of hydrogen-bond acceptors (Lipinski definition) is 6. The van der Waals surface area contributed by atoms with Gasteiger partial charge in [0, 0.05) is 56.8 Å². The lowest BCUT2D eigenvalue weighted by molar-refractivity contribution is -0.125. The number of carbonyl (C=O) groups is 3. The largest absolute Gasteiger partial charge is 0.382 e. The van der Waals surface area contributed by atoms with Crippen LogP contribution in [0, 0.1) is 42.4 Å². The van der Waals surface area contributed by atoms with E-state index in [2.05, 4.69) is 69.5 Å². The van der Waals surface area contributed by atoms with Crippen molar-refractivity contribution in [2.45, 2.75) is 328 Å². The molecule has 6 heteroatoms. The Morgan fingerprint density at radius 3 is 1.52 bits per heavy atom. The van der Waals surface area contributed by atoms with Gasteiger partial charge in [-0.05, 0) is 142 Å². The Labute approximate surface area is 501 Å². The van der Waals surface area contributed by atoms with Crippen molar-refractivity contribution in [1.82, 2.24) is 9.80 Å². The van der Waals surface area contributed by atoms with E-state index in [0.29, 0.717) is 17.3 Å². The normalized spacial score (nSPS) is 16.1. The van der Waals surface area contributed by atoms with Gasteiger partial charge in [-0.1, -0.05) is 259 Å². The quantitative estimate of drug-likeness (QED) is 0.0566.